The fourth-order valence-electron chi connectivity index (χ4n) is 1.47. The largest absolute Gasteiger partial charge is 0.320 e. The maximum atomic E-state index is 4.22. The topological polar surface area (TPSA) is 63.6 Å². The van der Waals surface area contributed by atoms with E-state index in [4.69, 9.17) is 0 Å². The average molecular weight is 269 g/mol. The lowest BCUT2D eigenvalue weighted by atomic mass is 10.3. The van der Waals surface area contributed by atoms with Gasteiger partial charge in [0.1, 0.15) is 9.88 Å². The Morgan fingerprint density at radius 1 is 1.24 bits per heavy atom. The van der Waals surface area contributed by atoms with Crippen molar-refractivity contribution in [2.45, 2.75) is 26.2 Å². The smallest absolute Gasteiger partial charge is 0.161 e. The van der Waals surface area contributed by atoms with Crippen LogP contribution in [-0.2, 0) is 12.8 Å². The van der Waals surface area contributed by atoms with Crippen molar-refractivity contribution < 1.29 is 0 Å². The van der Waals surface area contributed by atoms with Gasteiger partial charge in [-0.2, -0.15) is 0 Å². The minimum absolute atomic E-state index is 0.889. The van der Waals surface area contributed by atoms with Gasteiger partial charge in [0, 0.05) is 6.42 Å². The quantitative estimate of drug-likeness (QED) is 0.810. The maximum absolute atomic E-state index is 4.22. The van der Waals surface area contributed by atoms with E-state index in [2.05, 4.69) is 32.0 Å². The summed E-state index contributed by atoms with van der Waals surface area (Å²) in [6.07, 6.45) is 2.96. The summed E-state index contributed by atoms with van der Waals surface area (Å²) in [7, 11) is 1.96. The summed E-state index contributed by atoms with van der Waals surface area (Å²) in [5, 5.41) is 17.7. The number of rotatable bonds is 6. The molecule has 0 bridgehead atoms. The minimum atomic E-state index is 0.889. The highest BCUT2D eigenvalue weighted by atomic mass is 32.1. The van der Waals surface area contributed by atoms with Gasteiger partial charge >= 0.3 is 0 Å². The van der Waals surface area contributed by atoms with Crippen molar-refractivity contribution in [1.29, 1.82) is 0 Å². The first-order valence-corrected chi connectivity index (χ1v) is 7.22. The second-order valence-electron chi connectivity index (χ2n) is 3.61. The molecular formula is C10H15N5S2. The molecule has 5 nitrogen and oxygen atoms in total. The van der Waals surface area contributed by atoms with Crippen LogP contribution in [0.3, 0.4) is 0 Å². The van der Waals surface area contributed by atoms with Gasteiger partial charge < -0.3 is 5.32 Å². The van der Waals surface area contributed by atoms with Crippen LogP contribution >= 0.6 is 22.9 Å². The molecule has 0 radical (unpaired) electrons. The summed E-state index contributed by atoms with van der Waals surface area (Å²) in [4.78, 5) is 1.07. The maximum Gasteiger partial charge on any atom is 0.161 e. The van der Waals surface area contributed by atoms with Crippen LogP contribution in [0.4, 0.5) is 0 Å². The Hall–Kier alpha value is -0.920. The van der Waals surface area contributed by atoms with Crippen molar-refractivity contribution in [2.24, 2.45) is 0 Å². The predicted molar refractivity (Wildman–Crippen MR) is 70.4 cm³/mol. The Balaban J connectivity index is 2.07. The highest BCUT2D eigenvalue weighted by Crippen LogP contribution is 2.29. The molecule has 0 unspecified atom stereocenters. The second-order valence-corrected chi connectivity index (χ2v) is 5.43. The third-order valence-corrected chi connectivity index (χ3v) is 4.27. The first-order chi connectivity index (χ1) is 8.35. The summed E-state index contributed by atoms with van der Waals surface area (Å²) in [6.45, 7) is 3.09. The van der Waals surface area contributed by atoms with Gasteiger partial charge in [-0.1, -0.05) is 22.7 Å². The van der Waals surface area contributed by atoms with E-state index < -0.39 is 0 Å². The lowest BCUT2D eigenvalue weighted by Gasteiger charge is -1.94. The van der Waals surface area contributed by atoms with Gasteiger partial charge in [0.15, 0.2) is 5.01 Å². The predicted octanol–water partition coefficient (Wildman–Crippen LogP) is 1.77. The van der Waals surface area contributed by atoms with Crippen LogP contribution < -0.4 is 5.32 Å². The third-order valence-electron chi connectivity index (χ3n) is 2.37. The van der Waals surface area contributed by atoms with Gasteiger partial charge in [0.05, 0.1) is 5.69 Å². The van der Waals surface area contributed by atoms with Crippen LogP contribution in [0.5, 0.6) is 0 Å². The molecule has 0 aliphatic carbocycles. The molecular weight excluding hydrogens is 254 g/mol. The van der Waals surface area contributed by atoms with Crippen LogP contribution in [0.25, 0.3) is 9.88 Å². The lowest BCUT2D eigenvalue weighted by molar-refractivity contribution is 0.718. The summed E-state index contributed by atoms with van der Waals surface area (Å²) in [5.41, 5.74) is 1.02. The Kier molecular flexibility index (Phi) is 4.52. The average Bonchev–Trinajstić information content (AvgIpc) is 2.96. The van der Waals surface area contributed by atoms with Crippen LogP contribution in [-0.4, -0.2) is 33.4 Å². The monoisotopic (exact) mass is 269 g/mol. The van der Waals surface area contributed by atoms with Crippen molar-refractivity contribution >= 4 is 22.9 Å². The van der Waals surface area contributed by atoms with Gasteiger partial charge in [-0.3, -0.25) is 0 Å². The van der Waals surface area contributed by atoms with Crippen molar-refractivity contribution in [3.05, 3.63) is 10.7 Å². The molecule has 2 aromatic rings. The highest BCUT2D eigenvalue weighted by Gasteiger charge is 2.13. The number of aromatic nitrogens is 4. The van der Waals surface area contributed by atoms with Gasteiger partial charge in [-0.25, -0.2) is 0 Å². The molecule has 1 N–H and O–H groups in total. The summed E-state index contributed by atoms with van der Waals surface area (Å²) in [5.74, 6) is 0. The molecule has 7 heteroatoms. The fourth-order valence-corrected chi connectivity index (χ4v) is 3.18. The van der Waals surface area contributed by atoms with Gasteiger partial charge in [0.25, 0.3) is 0 Å². The molecule has 0 aliphatic heterocycles. The summed E-state index contributed by atoms with van der Waals surface area (Å²) >= 11 is 3.05. The zero-order chi connectivity index (χ0) is 12.1. The zero-order valence-electron chi connectivity index (χ0n) is 9.93. The molecule has 0 aliphatic rings. The Bertz CT molecular complexity index is 465. The zero-order valence-corrected chi connectivity index (χ0v) is 11.6. The Morgan fingerprint density at radius 2 is 2.12 bits per heavy atom. The molecule has 2 heterocycles. The molecule has 2 aromatic heterocycles. The molecule has 0 atom stereocenters. The number of aryl methyl sites for hydroxylation is 2. The van der Waals surface area contributed by atoms with E-state index in [1.54, 1.807) is 11.3 Å². The first-order valence-electron chi connectivity index (χ1n) is 5.63. The first kappa shape index (κ1) is 12.5. The Labute approximate surface area is 108 Å². The molecule has 0 amide bonds. The number of nitrogens with zero attached hydrogens (tertiary/aromatic N) is 4. The normalized spacial score (nSPS) is 10.9. The van der Waals surface area contributed by atoms with E-state index in [0.29, 0.717) is 0 Å². The number of hydrogen-bond acceptors (Lipinski definition) is 7. The van der Waals surface area contributed by atoms with Crippen molar-refractivity contribution in [3.63, 3.8) is 0 Å². The molecule has 0 aromatic carbocycles. The molecule has 0 fully saturated rings. The molecule has 0 saturated heterocycles. The second kappa shape index (κ2) is 6.13. The minimum Gasteiger partial charge on any atom is -0.320 e. The molecule has 17 heavy (non-hydrogen) atoms. The van der Waals surface area contributed by atoms with E-state index in [1.165, 1.54) is 11.5 Å². The number of nitrogens with one attached hydrogen (secondary N) is 1. The highest BCUT2D eigenvalue weighted by molar-refractivity contribution is 7.19. The van der Waals surface area contributed by atoms with E-state index in [0.717, 1.165) is 46.4 Å². The fraction of sp³-hybridized carbons (Fsp3) is 0.600. The van der Waals surface area contributed by atoms with Crippen LogP contribution in [0.2, 0.25) is 0 Å². The van der Waals surface area contributed by atoms with Crippen molar-refractivity contribution in [3.8, 4) is 9.88 Å². The van der Waals surface area contributed by atoms with Gasteiger partial charge in [0.2, 0.25) is 0 Å². The van der Waals surface area contributed by atoms with Gasteiger partial charge in [-0.15, -0.1) is 15.3 Å². The van der Waals surface area contributed by atoms with Crippen molar-refractivity contribution in [1.82, 2.24) is 25.1 Å². The van der Waals surface area contributed by atoms with Crippen LogP contribution in [0, 0.1) is 0 Å². The van der Waals surface area contributed by atoms with Crippen LogP contribution in [0.15, 0.2) is 0 Å². The Morgan fingerprint density at radius 3 is 2.88 bits per heavy atom. The van der Waals surface area contributed by atoms with Gasteiger partial charge in [-0.05, 0) is 38.0 Å². The van der Waals surface area contributed by atoms with E-state index in [1.807, 2.05) is 7.05 Å². The molecule has 2 rings (SSSR count). The van der Waals surface area contributed by atoms with Crippen molar-refractivity contribution in [2.75, 3.05) is 13.6 Å². The van der Waals surface area contributed by atoms with E-state index in [-0.39, 0.29) is 0 Å². The standard InChI is InChI=1S/C10H15N5S2/c1-3-7-9(17-15-12-7)10-14-13-8(16-10)5-4-6-11-2/h11H,3-6H2,1-2H3. The lowest BCUT2D eigenvalue weighted by Crippen LogP contribution is -2.08. The van der Waals surface area contributed by atoms with Crippen LogP contribution in [0.1, 0.15) is 24.0 Å². The van der Waals surface area contributed by atoms with E-state index in [9.17, 15) is 0 Å². The summed E-state index contributed by atoms with van der Waals surface area (Å²) in [6, 6.07) is 0. The molecule has 0 spiro atoms. The summed E-state index contributed by atoms with van der Waals surface area (Å²) < 4.78 is 3.97. The SMILES string of the molecule is CCc1nnsc1-c1nnc(CCCNC)s1. The third kappa shape index (κ3) is 3.05. The number of hydrogen-bond donors (Lipinski definition) is 1. The molecule has 0 saturated carbocycles. The molecule has 92 valence electrons. The van der Waals surface area contributed by atoms with E-state index >= 15 is 0 Å².